The van der Waals surface area contributed by atoms with E-state index in [1.165, 1.54) is 12.0 Å². The predicted molar refractivity (Wildman–Crippen MR) is 298 cm³/mol. The van der Waals surface area contributed by atoms with Gasteiger partial charge in [0.05, 0.1) is 11.0 Å². The second kappa shape index (κ2) is 61.3. The number of aromatic nitrogens is 2. The first kappa shape index (κ1) is 76.6. The molecule has 2 N–H and O–H groups in total. The molecule has 5 rings (SSSR count). The van der Waals surface area contributed by atoms with Gasteiger partial charge in [-0.05, 0) is 121 Å². The van der Waals surface area contributed by atoms with Crippen LogP contribution in [0.15, 0.2) is 157 Å². The molecular formula is C58H102N4O4S. The van der Waals surface area contributed by atoms with E-state index in [-0.39, 0.29) is 18.0 Å². The molecule has 384 valence electrons. The van der Waals surface area contributed by atoms with E-state index in [4.69, 9.17) is 4.74 Å². The molecule has 2 aromatic heterocycles. The van der Waals surface area contributed by atoms with Gasteiger partial charge in [0.25, 0.3) is 5.91 Å². The van der Waals surface area contributed by atoms with Gasteiger partial charge in [0, 0.05) is 49.0 Å². The summed E-state index contributed by atoms with van der Waals surface area (Å²) in [5.41, 5.74) is 2.16. The van der Waals surface area contributed by atoms with Crippen LogP contribution in [0, 0.1) is 11.8 Å². The number of sulfonamides is 1. The molecule has 0 aliphatic carbocycles. The lowest BCUT2D eigenvalue weighted by Crippen LogP contribution is -2.30. The number of hydrogen-bond acceptors (Lipinski definition) is 6. The fraction of sp³-hybridized carbons (Fsp3) is 0.500. The number of hydrogen-bond donors (Lipinski definition) is 2. The molecule has 3 aromatic carbocycles. The van der Waals surface area contributed by atoms with E-state index in [9.17, 15) is 13.2 Å². The molecule has 0 atom stereocenters. The largest absolute Gasteiger partial charge is 0.379 e. The van der Waals surface area contributed by atoms with E-state index in [1.807, 2.05) is 158 Å². The van der Waals surface area contributed by atoms with Crippen molar-refractivity contribution in [2.45, 2.75) is 182 Å². The van der Waals surface area contributed by atoms with E-state index in [2.05, 4.69) is 85.0 Å². The number of ether oxygens (including phenoxy) is 1. The zero-order chi connectivity index (χ0) is 53.3. The van der Waals surface area contributed by atoms with Crippen LogP contribution < -0.4 is 10.0 Å². The van der Waals surface area contributed by atoms with E-state index in [1.54, 1.807) is 81.1 Å². The van der Waals surface area contributed by atoms with Gasteiger partial charge in [0.2, 0.25) is 10.0 Å². The fourth-order valence-electron chi connectivity index (χ4n) is 3.96. The van der Waals surface area contributed by atoms with Gasteiger partial charge < -0.3 is 10.1 Å². The molecule has 0 saturated heterocycles. The molecule has 0 spiro atoms. The van der Waals surface area contributed by atoms with Crippen molar-refractivity contribution in [2.24, 2.45) is 11.8 Å². The summed E-state index contributed by atoms with van der Waals surface area (Å²) in [6, 6.07) is 39.7. The minimum atomic E-state index is -3.31. The van der Waals surface area contributed by atoms with Crippen molar-refractivity contribution in [1.82, 2.24) is 20.0 Å². The third-order valence-corrected chi connectivity index (χ3v) is 7.69. The number of benzene rings is 3. The number of carbonyl (C=O) groups is 1. The van der Waals surface area contributed by atoms with Crippen LogP contribution >= 0.6 is 0 Å². The topological polar surface area (TPSA) is 110 Å². The Bertz CT molecular complexity index is 1590. The maximum Gasteiger partial charge on any atom is 0.251 e. The lowest BCUT2D eigenvalue weighted by molar-refractivity contribution is 0.0899. The highest BCUT2D eigenvalue weighted by Gasteiger charge is 2.13. The molecule has 8 nitrogen and oxygen atoms in total. The first-order valence-corrected chi connectivity index (χ1v) is 26.3. The molecule has 67 heavy (non-hydrogen) atoms. The van der Waals surface area contributed by atoms with Gasteiger partial charge in [-0.3, -0.25) is 14.8 Å². The summed E-state index contributed by atoms with van der Waals surface area (Å²) in [5.74, 6) is 1.59. The molecule has 5 aromatic rings. The highest BCUT2D eigenvalue weighted by molar-refractivity contribution is 7.89. The monoisotopic (exact) mass is 951 g/mol. The molecule has 9 heteroatoms. The summed E-state index contributed by atoms with van der Waals surface area (Å²) in [4.78, 5) is 19.2. The van der Waals surface area contributed by atoms with Crippen LogP contribution in [0.3, 0.4) is 0 Å². The number of amides is 1. The Balaban J connectivity index is -0.000000125. The molecule has 0 fully saturated rings. The normalized spacial score (nSPS) is 8.94. The quantitative estimate of drug-likeness (QED) is 0.152. The zero-order valence-electron chi connectivity index (χ0n) is 46.7. The summed E-state index contributed by atoms with van der Waals surface area (Å²) in [6.07, 6.45) is 8.59. The Morgan fingerprint density at radius 3 is 1.07 bits per heavy atom. The van der Waals surface area contributed by atoms with Crippen LogP contribution in [0.4, 0.5) is 0 Å². The zero-order valence-corrected chi connectivity index (χ0v) is 47.5. The Hall–Kier alpha value is -4.70. The summed E-state index contributed by atoms with van der Waals surface area (Å²) in [6.45, 7) is 45.4. The first-order chi connectivity index (χ1) is 32.0. The van der Waals surface area contributed by atoms with Gasteiger partial charge in [-0.25, -0.2) is 13.1 Å². The third-order valence-electron chi connectivity index (χ3n) is 6.02. The molecule has 0 saturated carbocycles. The Morgan fingerprint density at radius 2 is 0.836 bits per heavy atom. The molecule has 0 unspecified atom stereocenters. The third kappa shape index (κ3) is 65.7. The van der Waals surface area contributed by atoms with Crippen LogP contribution in [0.2, 0.25) is 0 Å². The fourth-order valence-corrected chi connectivity index (χ4v) is 5.23. The van der Waals surface area contributed by atoms with Gasteiger partial charge in [-0.2, -0.15) is 0 Å². The average molecular weight is 952 g/mol. The van der Waals surface area contributed by atoms with Gasteiger partial charge in [0.15, 0.2) is 0 Å². The first-order valence-electron chi connectivity index (χ1n) is 24.8. The Kier molecular flexibility index (Phi) is 70.0. The smallest absolute Gasteiger partial charge is 0.251 e. The SMILES string of the molecule is CC.CC.CC.CC.CC.CC(C)C.CC(C)Cc1ccccc1.CC(C)NC(=O)c1ccccc1.CC(C)NS(=O)(=O)c1ccccc1.CCOC(C)C.c1ccncc1.c1ccncc1. The van der Waals surface area contributed by atoms with Crippen molar-refractivity contribution in [3.8, 4) is 0 Å². The summed E-state index contributed by atoms with van der Waals surface area (Å²) in [5, 5.41) is 2.82. The van der Waals surface area contributed by atoms with Gasteiger partial charge in [-0.15, -0.1) is 0 Å². The number of rotatable bonds is 9. The van der Waals surface area contributed by atoms with E-state index < -0.39 is 10.0 Å². The average Bonchev–Trinajstić information content (AvgIpc) is 3.34. The van der Waals surface area contributed by atoms with Crippen molar-refractivity contribution < 1.29 is 17.9 Å². The molecule has 0 radical (unpaired) electrons. The highest BCUT2D eigenvalue weighted by atomic mass is 32.2. The van der Waals surface area contributed by atoms with Crippen LogP contribution in [-0.2, 0) is 21.2 Å². The van der Waals surface area contributed by atoms with E-state index in [0.717, 1.165) is 18.4 Å². The van der Waals surface area contributed by atoms with Crippen molar-refractivity contribution in [2.75, 3.05) is 6.61 Å². The molecule has 2 heterocycles. The minimum absolute atomic E-state index is 0.00870. The van der Waals surface area contributed by atoms with Crippen LogP contribution in [0.5, 0.6) is 0 Å². The Morgan fingerprint density at radius 1 is 0.507 bits per heavy atom. The molecule has 0 aliphatic heterocycles. The van der Waals surface area contributed by atoms with E-state index >= 15 is 0 Å². The molecular weight excluding hydrogens is 849 g/mol. The highest BCUT2D eigenvalue weighted by Crippen LogP contribution is 2.08. The van der Waals surface area contributed by atoms with Crippen molar-refractivity contribution in [1.29, 1.82) is 0 Å². The number of nitrogens with zero attached hydrogens (tertiary/aromatic N) is 2. The van der Waals surface area contributed by atoms with Crippen molar-refractivity contribution >= 4 is 15.9 Å². The van der Waals surface area contributed by atoms with Crippen LogP contribution in [-0.4, -0.2) is 49.1 Å². The number of carbonyl (C=O) groups excluding carboxylic acids is 1. The lowest BCUT2D eigenvalue weighted by atomic mass is 10.0. The van der Waals surface area contributed by atoms with Crippen LogP contribution in [0.1, 0.15) is 168 Å². The van der Waals surface area contributed by atoms with E-state index in [0.29, 0.717) is 16.6 Å². The maximum atomic E-state index is 11.5. The Labute approximate surface area is 415 Å². The minimum Gasteiger partial charge on any atom is -0.379 e. The molecule has 0 bridgehead atoms. The summed E-state index contributed by atoms with van der Waals surface area (Å²) in [7, 11) is -3.31. The van der Waals surface area contributed by atoms with Gasteiger partial charge in [-0.1, -0.05) is 183 Å². The molecule has 0 aliphatic rings. The second-order valence-electron chi connectivity index (χ2n) is 14.5. The van der Waals surface area contributed by atoms with Gasteiger partial charge >= 0.3 is 0 Å². The summed E-state index contributed by atoms with van der Waals surface area (Å²) >= 11 is 0. The number of nitrogens with one attached hydrogen (secondary N) is 2. The second-order valence-corrected chi connectivity index (χ2v) is 16.2. The van der Waals surface area contributed by atoms with Crippen LogP contribution in [0.25, 0.3) is 0 Å². The van der Waals surface area contributed by atoms with Gasteiger partial charge in [0.1, 0.15) is 0 Å². The predicted octanol–water partition coefficient (Wildman–Crippen LogP) is 16.5. The van der Waals surface area contributed by atoms with Crippen molar-refractivity contribution in [3.05, 3.63) is 163 Å². The standard InChI is InChI=1S/C10H13NO.C10H14.C9H13NO2S.2C5H5N.C5H12O.C4H10.5C2H6/c1-8(2)11-10(12)9-6-4-3-5-7-9;1-9(2)8-10-6-4-3-5-7-10;1-8(2)10-13(11,12)9-6-4-3-5-7-9;2*1-2-4-6-5-3-1;1-4-6-5(2)3;1-4(2)3;5*1-2/h3-8H,1-2H3,(H,11,12);3-7,9H,8H2,1-2H3;3-8,10H,1-2H3;2*1-5H;5H,4H2,1-3H3;4H,1-3H3;5*1-2H3. The summed E-state index contributed by atoms with van der Waals surface area (Å²) < 4.78 is 30.6. The lowest BCUT2D eigenvalue weighted by Gasteiger charge is -2.08. The maximum absolute atomic E-state index is 11.5. The molecule has 1 amide bonds. The van der Waals surface area contributed by atoms with Crippen molar-refractivity contribution in [3.63, 3.8) is 0 Å². The number of pyridine rings is 2.